The number of benzene rings is 1. The van der Waals surface area contributed by atoms with Gasteiger partial charge in [-0.3, -0.25) is 9.59 Å². The van der Waals surface area contributed by atoms with Gasteiger partial charge in [0.2, 0.25) is 11.8 Å². The highest BCUT2D eigenvalue weighted by atomic mass is 35.5. The lowest BCUT2D eigenvalue weighted by molar-refractivity contribution is -0.138. The summed E-state index contributed by atoms with van der Waals surface area (Å²) in [6, 6.07) is 6.77. The zero-order chi connectivity index (χ0) is 15.1. The Morgan fingerprint density at radius 1 is 1.30 bits per heavy atom. The van der Waals surface area contributed by atoms with Gasteiger partial charge in [0.25, 0.3) is 0 Å². The molecular weight excluding hydrogens is 276 g/mol. The Kier molecular flexibility index (Phi) is 6.52. The standard InChI is InChI=1S/C15H21ClN2O2/c1-4-9-17-15(20)11(2)18(12(3)19)10-13-5-7-14(16)8-6-13/h5-8,11H,4,9-10H2,1-3H3,(H,17,20)/t11-/m1/s1. The minimum Gasteiger partial charge on any atom is -0.354 e. The number of carbonyl (C=O) groups is 2. The van der Waals surface area contributed by atoms with Crippen LogP contribution in [0, 0.1) is 0 Å². The largest absolute Gasteiger partial charge is 0.354 e. The van der Waals surface area contributed by atoms with Crippen molar-refractivity contribution in [3.05, 3.63) is 34.9 Å². The summed E-state index contributed by atoms with van der Waals surface area (Å²) < 4.78 is 0. The van der Waals surface area contributed by atoms with Crippen LogP contribution in [0.5, 0.6) is 0 Å². The fraction of sp³-hybridized carbons (Fsp3) is 0.467. The zero-order valence-electron chi connectivity index (χ0n) is 12.1. The van der Waals surface area contributed by atoms with Gasteiger partial charge in [-0.05, 0) is 31.0 Å². The molecule has 0 aliphatic rings. The number of hydrogen-bond donors (Lipinski definition) is 1. The summed E-state index contributed by atoms with van der Waals surface area (Å²) in [7, 11) is 0. The number of hydrogen-bond acceptors (Lipinski definition) is 2. The van der Waals surface area contributed by atoms with Gasteiger partial charge in [-0.15, -0.1) is 0 Å². The van der Waals surface area contributed by atoms with Gasteiger partial charge in [-0.25, -0.2) is 0 Å². The van der Waals surface area contributed by atoms with E-state index in [1.165, 1.54) is 6.92 Å². The highest BCUT2D eigenvalue weighted by Gasteiger charge is 2.23. The maximum Gasteiger partial charge on any atom is 0.242 e. The second kappa shape index (κ2) is 7.90. The molecule has 5 heteroatoms. The molecular formula is C15H21ClN2O2. The van der Waals surface area contributed by atoms with Crippen LogP contribution < -0.4 is 5.32 Å². The molecule has 0 aliphatic carbocycles. The summed E-state index contributed by atoms with van der Waals surface area (Å²) in [6.07, 6.45) is 0.871. The van der Waals surface area contributed by atoms with Crippen LogP contribution in [0.1, 0.15) is 32.8 Å². The molecule has 1 rings (SSSR count). The number of rotatable bonds is 6. The molecule has 1 atom stereocenters. The lowest BCUT2D eigenvalue weighted by Crippen LogP contribution is -2.47. The summed E-state index contributed by atoms with van der Waals surface area (Å²) in [5, 5.41) is 3.46. The average Bonchev–Trinajstić information content (AvgIpc) is 2.43. The Hall–Kier alpha value is -1.55. The topological polar surface area (TPSA) is 49.4 Å². The molecule has 0 heterocycles. The van der Waals surface area contributed by atoms with Gasteiger partial charge in [-0.1, -0.05) is 30.7 Å². The van der Waals surface area contributed by atoms with Crippen molar-refractivity contribution in [1.29, 1.82) is 0 Å². The van der Waals surface area contributed by atoms with Crippen molar-refractivity contribution in [1.82, 2.24) is 10.2 Å². The molecule has 2 amide bonds. The first-order valence-corrected chi connectivity index (χ1v) is 7.12. The fourth-order valence-corrected chi connectivity index (χ4v) is 1.97. The monoisotopic (exact) mass is 296 g/mol. The third kappa shape index (κ3) is 4.85. The molecule has 110 valence electrons. The van der Waals surface area contributed by atoms with E-state index in [-0.39, 0.29) is 11.8 Å². The second-order valence-corrected chi connectivity index (χ2v) is 5.18. The molecule has 20 heavy (non-hydrogen) atoms. The van der Waals surface area contributed by atoms with E-state index in [1.54, 1.807) is 24.0 Å². The van der Waals surface area contributed by atoms with E-state index < -0.39 is 6.04 Å². The minimum atomic E-state index is -0.491. The lowest BCUT2D eigenvalue weighted by Gasteiger charge is -2.27. The average molecular weight is 297 g/mol. The van der Waals surface area contributed by atoms with E-state index >= 15 is 0 Å². The number of nitrogens with one attached hydrogen (secondary N) is 1. The normalized spacial score (nSPS) is 11.8. The highest BCUT2D eigenvalue weighted by molar-refractivity contribution is 6.30. The molecule has 1 aromatic carbocycles. The molecule has 0 spiro atoms. The molecule has 0 aromatic heterocycles. The molecule has 1 aromatic rings. The van der Waals surface area contributed by atoms with E-state index in [1.807, 2.05) is 19.1 Å². The van der Waals surface area contributed by atoms with E-state index in [2.05, 4.69) is 5.32 Å². The minimum absolute atomic E-state index is 0.126. The van der Waals surface area contributed by atoms with Crippen molar-refractivity contribution < 1.29 is 9.59 Å². The molecule has 0 saturated carbocycles. The summed E-state index contributed by atoms with van der Waals surface area (Å²) in [5.74, 6) is -0.255. The molecule has 0 bridgehead atoms. The fourth-order valence-electron chi connectivity index (χ4n) is 1.84. The van der Waals surface area contributed by atoms with Gasteiger partial charge in [0, 0.05) is 25.0 Å². The van der Waals surface area contributed by atoms with Crippen LogP contribution in [0.15, 0.2) is 24.3 Å². The maximum absolute atomic E-state index is 12.0. The van der Waals surface area contributed by atoms with Crippen LogP contribution in [0.3, 0.4) is 0 Å². The Bertz CT molecular complexity index is 459. The predicted octanol–water partition coefficient (Wildman–Crippen LogP) is 2.60. The molecule has 0 fully saturated rings. The van der Waals surface area contributed by atoms with Crippen LogP contribution in [-0.4, -0.2) is 29.3 Å². The molecule has 0 aliphatic heterocycles. The van der Waals surface area contributed by atoms with Crippen LogP contribution in [0.25, 0.3) is 0 Å². The Labute approximate surface area is 125 Å². The Morgan fingerprint density at radius 2 is 1.90 bits per heavy atom. The first kappa shape index (κ1) is 16.5. The van der Waals surface area contributed by atoms with Crippen LogP contribution in [-0.2, 0) is 16.1 Å². The summed E-state index contributed by atoms with van der Waals surface area (Å²) in [5.41, 5.74) is 0.944. The molecule has 0 radical (unpaired) electrons. The summed E-state index contributed by atoms with van der Waals surface area (Å²) in [6.45, 7) is 6.21. The molecule has 0 saturated heterocycles. The SMILES string of the molecule is CCCNC(=O)[C@@H](C)N(Cc1ccc(Cl)cc1)C(C)=O. The Morgan fingerprint density at radius 3 is 2.40 bits per heavy atom. The van der Waals surface area contributed by atoms with Gasteiger partial charge in [-0.2, -0.15) is 0 Å². The lowest BCUT2D eigenvalue weighted by atomic mass is 10.1. The number of amides is 2. The van der Waals surface area contributed by atoms with Crippen LogP contribution in [0.2, 0.25) is 5.02 Å². The van der Waals surface area contributed by atoms with Crippen LogP contribution >= 0.6 is 11.6 Å². The van der Waals surface area contributed by atoms with Gasteiger partial charge in [0.1, 0.15) is 6.04 Å². The van der Waals surface area contributed by atoms with Gasteiger partial charge < -0.3 is 10.2 Å². The molecule has 1 N–H and O–H groups in total. The van der Waals surface area contributed by atoms with Crippen molar-refractivity contribution in [2.24, 2.45) is 0 Å². The van der Waals surface area contributed by atoms with Crippen molar-refractivity contribution in [3.8, 4) is 0 Å². The van der Waals surface area contributed by atoms with Crippen molar-refractivity contribution in [2.75, 3.05) is 6.54 Å². The highest BCUT2D eigenvalue weighted by Crippen LogP contribution is 2.13. The number of halogens is 1. The Balaban J connectivity index is 2.75. The number of nitrogens with zero attached hydrogens (tertiary/aromatic N) is 1. The summed E-state index contributed by atoms with van der Waals surface area (Å²) in [4.78, 5) is 25.3. The van der Waals surface area contributed by atoms with E-state index in [0.717, 1.165) is 12.0 Å². The summed E-state index contributed by atoms with van der Waals surface area (Å²) >= 11 is 5.84. The third-order valence-corrected chi connectivity index (χ3v) is 3.32. The third-order valence-electron chi connectivity index (χ3n) is 3.07. The van der Waals surface area contributed by atoms with Gasteiger partial charge in [0.05, 0.1) is 0 Å². The molecule has 0 unspecified atom stereocenters. The quantitative estimate of drug-likeness (QED) is 0.877. The van der Waals surface area contributed by atoms with E-state index in [0.29, 0.717) is 18.1 Å². The van der Waals surface area contributed by atoms with Crippen molar-refractivity contribution in [2.45, 2.75) is 39.8 Å². The molecule has 4 nitrogen and oxygen atoms in total. The van der Waals surface area contributed by atoms with Gasteiger partial charge >= 0.3 is 0 Å². The van der Waals surface area contributed by atoms with Crippen molar-refractivity contribution >= 4 is 23.4 Å². The predicted molar refractivity (Wildman–Crippen MR) is 80.4 cm³/mol. The smallest absolute Gasteiger partial charge is 0.242 e. The van der Waals surface area contributed by atoms with E-state index in [4.69, 9.17) is 11.6 Å². The second-order valence-electron chi connectivity index (χ2n) is 4.74. The van der Waals surface area contributed by atoms with Crippen molar-refractivity contribution in [3.63, 3.8) is 0 Å². The zero-order valence-corrected chi connectivity index (χ0v) is 12.9. The van der Waals surface area contributed by atoms with E-state index in [9.17, 15) is 9.59 Å². The van der Waals surface area contributed by atoms with Crippen LogP contribution in [0.4, 0.5) is 0 Å². The number of carbonyl (C=O) groups excluding carboxylic acids is 2. The van der Waals surface area contributed by atoms with Gasteiger partial charge in [0.15, 0.2) is 0 Å². The first-order chi connectivity index (χ1) is 9.45. The maximum atomic E-state index is 12.0. The first-order valence-electron chi connectivity index (χ1n) is 6.75.